The third kappa shape index (κ3) is 4.50. The molecule has 0 saturated carbocycles. The molecule has 2 N–H and O–H groups in total. The lowest BCUT2D eigenvalue weighted by Crippen LogP contribution is -2.49. The molecule has 1 amide bonds. The molecule has 1 aromatic rings. The number of sulfonamides is 1. The first-order valence-electron chi connectivity index (χ1n) is 8.66. The number of hydrogen-bond acceptors (Lipinski definition) is 5. The van der Waals surface area contributed by atoms with Gasteiger partial charge in [-0.05, 0) is 31.0 Å². The first-order valence-corrected chi connectivity index (χ1v) is 10.5. The molecule has 0 spiro atoms. The van der Waals surface area contributed by atoms with Gasteiger partial charge in [0.15, 0.2) is 0 Å². The SMILES string of the molecule is Cc1ccc(C(=O)N2CCC(N3CCNCC3)C2)cc1NS(C)(=O)=O. The van der Waals surface area contributed by atoms with E-state index in [1.807, 2.05) is 11.8 Å². The van der Waals surface area contributed by atoms with E-state index >= 15 is 0 Å². The van der Waals surface area contributed by atoms with Crippen LogP contribution in [0.4, 0.5) is 5.69 Å². The summed E-state index contributed by atoms with van der Waals surface area (Å²) in [5.74, 6) is -0.0332. The van der Waals surface area contributed by atoms with Gasteiger partial charge in [0.25, 0.3) is 5.91 Å². The van der Waals surface area contributed by atoms with Crippen LogP contribution in [0.5, 0.6) is 0 Å². The normalized spacial score (nSPS) is 22.2. The molecule has 1 aromatic carbocycles. The number of piperazine rings is 1. The second-order valence-corrected chi connectivity index (χ2v) is 8.63. The van der Waals surface area contributed by atoms with Gasteiger partial charge in [0.1, 0.15) is 0 Å². The van der Waals surface area contributed by atoms with Crippen molar-refractivity contribution in [3.8, 4) is 0 Å². The number of rotatable bonds is 4. The van der Waals surface area contributed by atoms with Crippen LogP contribution in [0, 0.1) is 6.92 Å². The monoisotopic (exact) mass is 366 g/mol. The summed E-state index contributed by atoms with van der Waals surface area (Å²) in [4.78, 5) is 17.2. The molecule has 2 saturated heterocycles. The maximum absolute atomic E-state index is 12.8. The van der Waals surface area contributed by atoms with E-state index in [0.29, 0.717) is 17.3 Å². The number of likely N-dealkylation sites (tertiary alicyclic amines) is 1. The predicted molar refractivity (Wildman–Crippen MR) is 98.4 cm³/mol. The summed E-state index contributed by atoms with van der Waals surface area (Å²) in [6.07, 6.45) is 2.10. The highest BCUT2D eigenvalue weighted by atomic mass is 32.2. The molecule has 2 heterocycles. The van der Waals surface area contributed by atoms with Gasteiger partial charge in [-0.15, -0.1) is 0 Å². The number of anilines is 1. The molecule has 1 unspecified atom stereocenters. The predicted octanol–water partition coefficient (Wildman–Crippen LogP) is 0.486. The molecular weight excluding hydrogens is 340 g/mol. The quantitative estimate of drug-likeness (QED) is 0.810. The fourth-order valence-corrected chi connectivity index (χ4v) is 4.14. The summed E-state index contributed by atoms with van der Waals surface area (Å²) in [5.41, 5.74) is 1.78. The van der Waals surface area contributed by atoms with E-state index in [1.165, 1.54) is 0 Å². The maximum Gasteiger partial charge on any atom is 0.253 e. The summed E-state index contributed by atoms with van der Waals surface area (Å²) in [6.45, 7) is 7.36. The van der Waals surface area contributed by atoms with Crippen LogP contribution in [0.1, 0.15) is 22.3 Å². The molecule has 0 bridgehead atoms. The topological polar surface area (TPSA) is 81.8 Å². The lowest BCUT2D eigenvalue weighted by Gasteiger charge is -2.32. The molecule has 8 heteroatoms. The van der Waals surface area contributed by atoms with E-state index in [1.54, 1.807) is 18.2 Å². The van der Waals surface area contributed by atoms with E-state index < -0.39 is 10.0 Å². The van der Waals surface area contributed by atoms with Crippen LogP contribution in [-0.4, -0.2) is 75.7 Å². The molecule has 2 fully saturated rings. The zero-order valence-corrected chi connectivity index (χ0v) is 15.6. The van der Waals surface area contributed by atoms with Gasteiger partial charge in [-0.25, -0.2) is 8.42 Å². The highest BCUT2D eigenvalue weighted by Gasteiger charge is 2.31. The molecule has 138 valence electrons. The Bertz CT molecular complexity index is 744. The first kappa shape index (κ1) is 18.2. The standard InChI is InChI=1S/C17H26N4O3S/c1-13-3-4-14(11-16(13)19-25(2,23)24)17(22)21-8-5-15(12-21)20-9-6-18-7-10-20/h3-4,11,15,18-19H,5-10,12H2,1-2H3. The van der Waals surface area contributed by atoms with Crippen LogP contribution in [0.25, 0.3) is 0 Å². The Hall–Kier alpha value is -1.64. The van der Waals surface area contributed by atoms with Crippen LogP contribution in [0.15, 0.2) is 18.2 Å². The number of nitrogens with one attached hydrogen (secondary N) is 2. The molecule has 0 aliphatic carbocycles. The minimum absolute atomic E-state index is 0.0332. The number of aryl methyl sites for hydroxylation is 1. The van der Waals surface area contributed by atoms with Crippen molar-refractivity contribution >= 4 is 21.6 Å². The van der Waals surface area contributed by atoms with Crippen molar-refractivity contribution in [1.82, 2.24) is 15.1 Å². The minimum atomic E-state index is -3.37. The van der Waals surface area contributed by atoms with E-state index in [2.05, 4.69) is 14.9 Å². The second-order valence-electron chi connectivity index (χ2n) is 6.88. The van der Waals surface area contributed by atoms with Gasteiger partial charge in [-0.2, -0.15) is 0 Å². The molecule has 7 nitrogen and oxygen atoms in total. The average Bonchev–Trinajstić information content (AvgIpc) is 3.06. The van der Waals surface area contributed by atoms with Gasteiger partial charge in [0, 0.05) is 50.9 Å². The van der Waals surface area contributed by atoms with Crippen LogP contribution in [0.3, 0.4) is 0 Å². The Kier molecular flexibility index (Phi) is 5.31. The van der Waals surface area contributed by atoms with E-state index in [0.717, 1.165) is 57.5 Å². The van der Waals surface area contributed by atoms with E-state index in [4.69, 9.17) is 0 Å². The van der Waals surface area contributed by atoms with E-state index in [9.17, 15) is 13.2 Å². The molecule has 0 radical (unpaired) electrons. The van der Waals surface area contributed by atoms with Crippen molar-refractivity contribution in [2.45, 2.75) is 19.4 Å². The van der Waals surface area contributed by atoms with Crippen molar-refractivity contribution in [3.05, 3.63) is 29.3 Å². The Balaban J connectivity index is 1.70. The Morgan fingerprint density at radius 3 is 2.64 bits per heavy atom. The van der Waals surface area contributed by atoms with Crippen LogP contribution < -0.4 is 10.0 Å². The average molecular weight is 366 g/mol. The van der Waals surface area contributed by atoms with Gasteiger partial charge in [0.05, 0.1) is 11.9 Å². The third-order valence-corrected chi connectivity index (χ3v) is 5.49. The number of benzene rings is 1. The fraction of sp³-hybridized carbons (Fsp3) is 0.588. The molecule has 3 rings (SSSR count). The van der Waals surface area contributed by atoms with Gasteiger partial charge < -0.3 is 10.2 Å². The lowest BCUT2D eigenvalue weighted by atomic mass is 10.1. The van der Waals surface area contributed by atoms with Crippen molar-refractivity contribution in [2.75, 3.05) is 50.2 Å². The Morgan fingerprint density at radius 2 is 1.96 bits per heavy atom. The number of hydrogen-bond donors (Lipinski definition) is 2. The van der Waals surface area contributed by atoms with Gasteiger partial charge in [0.2, 0.25) is 10.0 Å². The number of nitrogens with zero attached hydrogens (tertiary/aromatic N) is 2. The van der Waals surface area contributed by atoms with Crippen LogP contribution >= 0.6 is 0 Å². The third-order valence-electron chi connectivity index (χ3n) is 4.90. The number of carbonyl (C=O) groups excluding carboxylic acids is 1. The largest absolute Gasteiger partial charge is 0.337 e. The molecule has 2 aliphatic heterocycles. The van der Waals surface area contributed by atoms with E-state index in [-0.39, 0.29) is 5.91 Å². The van der Waals surface area contributed by atoms with Gasteiger partial charge in [-0.1, -0.05) is 6.07 Å². The van der Waals surface area contributed by atoms with Gasteiger partial charge in [-0.3, -0.25) is 14.4 Å². The van der Waals surface area contributed by atoms with Crippen LogP contribution in [0.2, 0.25) is 0 Å². The second kappa shape index (κ2) is 7.31. The summed E-state index contributed by atoms with van der Waals surface area (Å²) in [6, 6.07) is 5.61. The molecule has 0 aromatic heterocycles. The minimum Gasteiger partial charge on any atom is -0.337 e. The summed E-state index contributed by atoms with van der Waals surface area (Å²) < 4.78 is 25.5. The van der Waals surface area contributed by atoms with Crippen molar-refractivity contribution < 1.29 is 13.2 Å². The van der Waals surface area contributed by atoms with Crippen LogP contribution in [-0.2, 0) is 10.0 Å². The highest BCUT2D eigenvalue weighted by molar-refractivity contribution is 7.92. The van der Waals surface area contributed by atoms with Crippen molar-refractivity contribution in [1.29, 1.82) is 0 Å². The fourth-order valence-electron chi connectivity index (χ4n) is 3.52. The zero-order chi connectivity index (χ0) is 18.0. The Morgan fingerprint density at radius 1 is 1.24 bits per heavy atom. The highest BCUT2D eigenvalue weighted by Crippen LogP contribution is 2.22. The summed E-state index contributed by atoms with van der Waals surface area (Å²) >= 11 is 0. The molecule has 2 aliphatic rings. The summed E-state index contributed by atoms with van der Waals surface area (Å²) in [5, 5.41) is 3.35. The molecular formula is C17H26N4O3S. The number of carbonyl (C=O) groups is 1. The maximum atomic E-state index is 12.8. The first-order chi connectivity index (χ1) is 11.8. The molecule has 1 atom stereocenters. The smallest absolute Gasteiger partial charge is 0.253 e. The zero-order valence-electron chi connectivity index (χ0n) is 14.8. The van der Waals surface area contributed by atoms with Crippen molar-refractivity contribution in [3.63, 3.8) is 0 Å². The van der Waals surface area contributed by atoms with Gasteiger partial charge >= 0.3 is 0 Å². The number of amides is 1. The van der Waals surface area contributed by atoms with Crippen molar-refractivity contribution in [2.24, 2.45) is 0 Å². The Labute approximate surface area is 149 Å². The molecule has 25 heavy (non-hydrogen) atoms. The lowest BCUT2D eigenvalue weighted by molar-refractivity contribution is 0.0773. The summed E-state index contributed by atoms with van der Waals surface area (Å²) in [7, 11) is -3.37.